The third kappa shape index (κ3) is 3.94. The van der Waals surface area contributed by atoms with Gasteiger partial charge in [-0.05, 0) is 28.8 Å². The summed E-state index contributed by atoms with van der Waals surface area (Å²) in [4.78, 5) is 5.22. The second-order valence-corrected chi connectivity index (χ2v) is 5.54. The van der Waals surface area contributed by atoms with Crippen LogP contribution in [0.2, 0.25) is 0 Å². The minimum Gasteiger partial charge on any atom is -0.497 e. The van der Waals surface area contributed by atoms with Crippen LogP contribution in [0.25, 0.3) is 20.9 Å². The molecule has 1 saturated heterocycles. The molecule has 1 fully saturated rings. The van der Waals surface area contributed by atoms with Crippen LogP contribution in [-0.4, -0.2) is 59.1 Å². The predicted octanol–water partition coefficient (Wildman–Crippen LogP) is 1.04. The lowest BCUT2D eigenvalue weighted by Gasteiger charge is -2.46. The summed E-state index contributed by atoms with van der Waals surface area (Å²) in [5.74, 6) is -1.47. The Morgan fingerprint density at radius 3 is 2.40 bits per heavy atom. The van der Waals surface area contributed by atoms with Crippen molar-refractivity contribution in [3.05, 3.63) is 50.7 Å². The maximum Gasteiger partial charge on any atom is 0.181 e. The molecule has 3 N–H and O–H groups in total. The van der Waals surface area contributed by atoms with Crippen molar-refractivity contribution in [2.75, 3.05) is 13.7 Å². The van der Waals surface area contributed by atoms with Crippen LogP contribution in [0.3, 0.4) is 0 Å². The van der Waals surface area contributed by atoms with E-state index in [1.807, 2.05) is 0 Å². The molecule has 1 aromatic carbocycles. The first kappa shape index (κ1) is 18.8. The largest absolute Gasteiger partial charge is 0.497 e. The van der Waals surface area contributed by atoms with Crippen molar-refractivity contribution in [1.29, 1.82) is 0 Å². The average molecular weight is 350 g/mol. The first-order valence-corrected chi connectivity index (χ1v) is 7.39. The Balaban J connectivity index is 2.36. The number of methoxy groups -OCH3 is 1. The topological polar surface area (TPSA) is 177 Å². The molecular formula is C14H18N6O5. The van der Waals surface area contributed by atoms with Gasteiger partial charge < -0.3 is 24.8 Å². The second kappa shape index (κ2) is 8.04. The summed E-state index contributed by atoms with van der Waals surface area (Å²) in [6.07, 6.45) is -2.81. The van der Waals surface area contributed by atoms with Crippen molar-refractivity contribution < 1.29 is 24.8 Å². The number of ether oxygens (including phenoxy) is 2. The SMILES string of the molecule is COc1ccc(CC2(O)O[C@H](CO)[C@@H](N=[N+]=[N-])[C@H](O)[C@@H]2N=[N+]=[N-])cc1. The highest BCUT2D eigenvalue weighted by molar-refractivity contribution is 5.28. The first-order chi connectivity index (χ1) is 12.0. The van der Waals surface area contributed by atoms with Gasteiger partial charge in [0.05, 0.1) is 32.0 Å². The first-order valence-electron chi connectivity index (χ1n) is 7.39. The Kier molecular flexibility index (Phi) is 6.05. The third-order valence-corrected chi connectivity index (χ3v) is 4.03. The molecule has 0 radical (unpaired) electrons. The molecule has 5 atom stereocenters. The lowest BCUT2D eigenvalue weighted by atomic mass is 9.86. The van der Waals surface area contributed by atoms with Gasteiger partial charge in [0.25, 0.3) is 0 Å². The molecule has 1 aromatic rings. The number of aliphatic hydroxyl groups is 3. The normalized spacial score (nSPS) is 31.5. The van der Waals surface area contributed by atoms with Gasteiger partial charge in [-0.15, -0.1) is 0 Å². The molecule has 0 saturated carbocycles. The Labute approximate surface area is 142 Å². The summed E-state index contributed by atoms with van der Waals surface area (Å²) in [5.41, 5.74) is 18.0. The zero-order chi connectivity index (χ0) is 18.4. The van der Waals surface area contributed by atoms with E-state index in [1.165, 1.54) is 7.11 Å². The monoisotopic (exact) mass is 350 g/mol. The number of aliphatic hydroxyl groups excluding tert-OH is 2. The smallest absolute Gasteiger partial charge is 0.181 e. The van der Waals surface area contributed by atoms with E-state index in [0.717, 1.165) is 0 Å². The fourth-order valence-corrected chi connectivity index (χ4v) is 2.82. The van der Waals surface area contributed by atoms with E-state index >= 15 is 0 Å². The Morgan fingerprint density at radius 2 is 1.88 bits per heavy atom. The zero-order valence-electron chi connectivity index (χ0n) is 13.4. The molecule has 11 nitrogen and oxygen atoms in total. The summed E-state index contributed by atoms with van der Waals surface area (Å²) in [6.45, 7) is -0.603. The Bertz CT molecular complexity index is 687. The maximum absolute atomic E-state index is 10.9. The number of nitrogens with zero attached hydrogens (tertiary/aromatic N) is 6. The number of benzene rings is 1. The van der Waals surface area contributed by atoms with Crippen molar-refractivity contribution in [3.63, 3.8) is 0 Å². The number of rotatable bonds is 6. The summed E-state index contributed by atoms with van der Waals surface area (Å²) >= 11 is 0. The van der Waals surface area contributed by atoms with E-state index in [9.17, 15) is 15.3 Å². The molecule has 0 spiro atoms. The fraction of sp³-hybridized carbons (Fsp3) is 0.571. The third-order valence-electron chi connectivity index (χ3n) is 4.03. The molecule has 1 unspecified atom stereocenters. The van der Waals surface area contributed by atoms with E-state index in [0.29, 0.717) is 11.3 Å². The summed E-state index contributed by atoms with van der Waals surface area (Å²) in [6, 6.07) is 4.06. The molecule has 2 rings (SSSR count). The van der Waals surface area contributed by atoms with Crippen LogP contribution >= 0.6 is 0 Å². The lowest BCUT2D eigenvalue weighted by molar-refractivity contribution is -0.290. The summed E-state index contributed by atoms with van der Waals surface area (Å²) in [7, 11) is 1.52. The van der Waals surface area contributed by atoms with Crippen LogP contribution in [0.1, 0.15) is 5.56 Å². The molecule has 0 aromatic heterocycles. The van der Waals surface area contributed by atoms with Crippen molar-refractivity contribution >= 4 is 0 Å². The molecule has 11 heteroatoms. The van der Waals surface area contributed by atoms with E-state index in [2.05, 4.69) is 20.1 Å². The van der Waals surface area contributed by atoms with Crippen molar-refractivity contribution in [2.45, 2.75) is 36.5 Å². The van der Waals surface area contributed by atoms with Gasteiger partial charge >= 0.3 is 0 Å². The summed E-state index contributed by atoms with van der Waals surface area (Å²) < 4.78 is 10.5. The molecule has 0 bridgehead atoms. The predicted molar refractivity (Wildman–Crippen MR) is 85.5 cm³/mol. The van der Waals surface area contributed by atoms with Gasteiger partial charge in [0.1, 0.15) is 11.8 Å². The van der Waals surface area contributed by atoms with E-state index in [4.69, 9.17) is 20.5 Å². The van der Waals surface area contributed by atoms with E-state index < -0.39 is 36.7 Å². The molecule has 1 aliphatic heterocycles. The Morgan fingerprint density at radius 1 is 1.24 bits per heavy atom. The minimum absolute atomic E-state index is 0.128. The quantitative estimate of drug-likeness (QED) is 0.393. The second-order valence-electron chi connectivity index (χ2n) is 5.54. The molecule has 134 valence electrons. The van der Waals surface area contributed by atoms with Crippen LogP contribution in [0, 0.1) is 0 Å². The van der Waals surface area contributed by atoms with Gasteiger partial charge in [0, 0.05) is 16.2 Å². The van der Waals surface area contributed by atoms with Crippen LogP contribution in [0.4, 0.5) is 0 Å². The van der Waals surface area contributed by atoms with Gasteiger partial charge in [-0.2, -0.15) is 0 Å². The highest BCUT2D eigenvalue weighted by Gasteiger charge is 2.52. The molecule has 0 aliphatic carbocycles. The highest BCUT2D eigenvalue weighted by Crippen LogP contribution is 2.35. The highest BCUT2D eigenvalue weighted by atomic mass is 16.6. The molecule has 25 heavy (non-hydrogen) atoms. The van der Waals surface area contributed by atoms with Gasteiger partial charge in [0.2, 0.25) is 0 Å². The van der Waals surface area contributed by atoms with Crippen LogP contribution in [0.5, 0.6) is 5.75 Å². The number of azide groups is 2. The number of hydrogen-bond acceptors (Lipinski definition) is 7. The molecular weight excluding hydrogens is 332 g/mol. The fourth-order valence-electron chi connectivity index (χ4n) is 2.82. The Hall–Kier alpha value is -2.52. The van der Waals surface area contributed by atoms with Crippen molar-refractivity contribution in [1.82, 2.24) is 0 Å². The van der Waals surface area contributed by atoms with Crippen LogP contribution < -0.4 is 4.74 Å². The van der Waals surface area contributed by atoms with E-state index in [-0.39, 0.29) is 6.42 Å². The lowest BCUT2D eigenvalue weighted by Crippen LogP contribution is -2.64. The van der Waals surface area contributed by atoms with Crippen molar-refractivity contribution in [2.24, 2.45) is 10.2 Å². The zero-order valence-corrected chi connectivity index (χ0v) is 13.4. The van der Waals surface area contributed by atoms with Gasteiger partial charge in [-0.25, -0.2) is 0 Å². The molecule has 1 heterocycles. The summed E-state index contributed by atoms with van der Waals surface area (Å²) in [5, 5.41) is 37.5. The van der Waals surface area contributed by atoms with Gasteiger partial charge in [-0.3, -0.25) is 0 Å². The maximum atomic E-state index is 10.9. The minimum atomic E-state index is -2.09. The van der Waals surface area contributed by atoms with Gasteiger partial charge in [-0.1, -0.05) is 22.4 Å². The average Bonchev–Trinajstić information content (AvgIpc) is 2.61. The van der Waals surface area contributed by atoms with Crippen molar-refractivity contribution in [3.8, 4) is 5.75 Å². The van der Waals surface area contributed by atoms with Gasteiger partial charge in [0.15, 0.2) is 5.79 Å². The van der Waals surface area contributed by atoms with Crippen LogP contribution in [0.15, 0.2) is 34.5 Å². The molecule has 0 amide bonds. The molecule has 1 aliphatic rings. The van der Waals surface area contributed by atoms with E-state index in [1.54, 1.807) is 24.3 Å². The van der Waals surface area contributed by atoms with Crippen LogP contribution in [-0.2, 0) is 11.2 Å². The number of hydrogen-bond donors (Lipinski definition) is 3. The standard InChI is InChI=1S/C14H18N6O5/c1-24-9-4-2-8(3-5-9)6-14(23)13(18-20-16)12(22)11(17-19-15)10(7-21)25-14/h2-5,10-13,21-23H,6-7H2,1H3/t10-,11-,12+,13+,14?/m1/s1.